The van der Waals surface area contributed by atoms with E-state index >= 15 is 0 Å². The number of hydrogen-bond donors (Lipinski definition) is 0. The van der Waals surface area contributed by atoms with Crippen molar-refractivity contribution in [1.82, 2.24) is 9.97 Å². The average molecular weight is 444 g/mol. The van der Waals surface area contributed by atoms with E-state index < -0.39 is 0 Å². The van der Waals surface area contributed by atoms with E-state index in [1.807, 2.05) is 0 Å². The molecule has 148 valence electrons. The van der Waals surface area contributed by atoms with Gasteiger partial charge in [-0.15, -0.1) is 11.4 Å². The van der Waals surface area contributed by atoms with Crippen molar-refractivity contribution in [3.63, 3.8) is 0 Å². The Balaban J connectivity index is 0.000000483. The summed E-state index contributed by atoms with van der Waals surface area (Å²) in [6.07, 6.45) is 0. The molecule has 0 unspecified atom stereocenters. The molecule has 2 heterocycles. The van der Waals surface area contributed by atoms with Crippen LogP contribution < -0.4 is 0 Å². The zero-order valence-electron chi connectivity index (χ0n) is 19.9. The monoisotopic (exact) mass is 444 g/mol. The first kappa shape index (κ1) is 27.0. The Kier molecular flexibility index (Phi) is 9.25. The molecule has 0 atom stereocenters. The normalized spacial score (nSPS) is 12.9. The molecule has 0 amide bonds. The number of hydrogen-bond acceptors (Lipinski definition) is 2. The van der Waals surface area contributed by atoms with E-state index in [1.54, 1.807) is 0 Å². The van der Waals surface area contributed by atoms with Crippen LogP contribution in [0.5, 0.6) is 0 Å². The van der Waals surface area contributed by atoms with Crippen LogP contribution in [0.25, 0.3) is 0 Å². The summed E-state index contributed by atoms with van der Waals surface area (Å²) in [7, 11) is 0. The van der Waals surface area contributed by atoms with Crippen LogP contribution in [0.15, 0.2) is 24.3 Å². The fourth-order valence-corrected chi connectivity index (χ4v) is 2.40. The van der Waals surface area contributed by atoms with E-state index in [1.165, 1.54) is 22.8 Å². The molecular formula is C24H40N2Sr. The Morgan fingerprint density at radius 1 is 0.556 bits per heavy atom. The maximum atomic E-state index is 4.65. The Hall–Kier alpha value is 0.0405. The van der Waals surface area contributed by atoms with Gasteiger partial charge in [-0.05, 0) is 10.8 Å². The zero-order chi connectivity index (χ0) is 20.6. The summed E-state index contributed by atoms with van der Waals surface area (Å²) < 4.78 is 0. The van der Waals surface area contributed by atoms with Gasteiger partial charge >= 0.3 is 45.5 Å². The molecule has 0 fully saturated rings. The van der Waals surface area contributed by atoms with Crippen molar-refractivity contribution in [1.29, 1.82) is 0 Å². The summed E-state index contributed by atoms with van der Waals surface area (Å²) in [5.41, 5.74) is 5.45. The van der Waals surface area contributed by atoms with Crippen molar-refractivity contribution in [2.75, 3.05) is 0 Å². The fraction of sp³-hybridized carbons (Fsp3) is 0.667. The average Bonchev–Trinajstić information content (AvgIpc) is 3.06. The van der Waals surface area contributed by atoms with E-state index in [0.717, 1.165) is 0 Å². The van der Waals surface area contributed by atoms with Gasteiger partial charge in [0.15, 0.2) is 0 Å². The van der Waals surface area contributed by atoms with Crippen molar-refractivity contribution in [2.45, 2.75) is 105 Å². The third-order valence-electron chi connectivity index (χ3n) is 4.35. The summed E-state index contributed by atoms with van der Waals surface area (Å²) in [6.45, 7) is 26.4. The molecule has 0 aliphatic heterocycles. The molecule has 0 spiro atoms. The molecule has 2 aromatic rings. The topological polar surface area (TPSA) is 25.8 Å². The summed E-state index contributed by atoms with van der Waals surface area (Å²) in [6, 6.07) is 8.56. The molecule has 2 rings (SSSR count). The summed E-state index contributed by atoms with van der Waals surface area (Å²) in [4.78, 5) is 9.31. The molecule has 0 aliphatic carbocycles. The molecule has 0 saturated heterocycles. The second-order valence-corrected chi connectivity index (χ2v) is 11.4. The smallest absolute Gasteiger partial charge is 0.395 e. The first-order valence-corrected chi connectivity index (χ1v) is 9.72. The van der Waals surface area contributed by atoms with Gasteiger partial charge in [0, 0.05) is 0 Å². The molecule has 0 bridgehead atoms. The van der Waals surface area contributed by atoms with Crippen LogP contribution in [-0.2, 0) is 21.7 Å². The van der Waals surface area contributed by atoms with Crippen LogP contribution in [0.1, 0.15) is 106 Å². The molecule has 0 saturated carbocycles. The van der Waals surface area contributed by atoms with E-state index in [0.29, 0.717) is 0 Å². The minimum atomic E-state index is 0. The molecule has 0 radical (unpaired) electrons. The third-order valence-corrected chi connectivity index (χ3v) is 4.35. The Bertz CT molecular complexity index is 573. The van der Waals surface area contributed by atoms with Crippen LogP contribution in [-0.4, -0.2) is 55.4 Å². The summed E-state index contributed by atoms with van der Waals surface area (Å²) in [5, 5.41) is 0. The van der Waals surface area contributed by atoms with Crippen molar-refractivity contribution in [2.24, 2.45) is 0 Å². The molecule has 0 aliphatic rings. The SMILES string of the molecule is CC(C)(C)c1cc[c-](C(C)(C)C)n1.CC(C)(C)c1cc[c-](C(C)(C)C)n1.[Sr+2]. The minimum absolute atomic E-state index is 0. The maximum Gasteiger partial charge on any atom is 2.00 e. The number of aromatic nitrogens is 2. The molecule has 27 heavy (non-hydrogen) atoms. The quantitative estimate of drug-likeness (QED) is 0.347. The van der Waals surface area contributed by atoms with Gasteiger partial charge in [-0.3, -0.25) is 0 Å². The van der Waals surface area contributed by atoms with Crippen LogP contribution in [0.2, 0.25) is 0 Å². The predicted octanol–water partition coefficient (Wildman–Crippen LogP) is 6.41. The van der Waals surface area contributed by atoms with Crippen molar-refractivity contribution >= 4 is 45.5 Å². The first-order valence-electron chi connectivity index (χ1n) is 9.72. The standard InChI is InChI=1S/2C12H20N.Sr/c2*1-11(2,3)9-7-8-10(13-9)12(4,5)6;/h2*7-8H,1-6H3;/q2*-1;+2. The Labute approximate surface area is 205 Å². The van der Waals surface area contributed by atoms with E-state index in [2.05, 4.69) is 117 Å². The van der Waals surface area contributed by atoms with Gasteiger partial charge < -0.3 is 9.97 Å². The first-order chi connectivity index (χ1) is 11.4. The van der Waals surface area contributed by atoms with Crippen LogP contribution in [0.4, 0.5) is 0 Å². The molecule has 2 aromatic heterocycles. The van der Waals surface area contributed by atoms with Crippen LogP contribution >= 0.6 is 0 Å². The van der Waals surface area contributed by atoms with Gasteiger partial charge in [0.05, 0.1) is 0 Å². The maximum absolute atomic E-state index is 4.65. The van der Waals surface area contributed by atoms with E-state index in [4.69, 9.17) is 0 Å². The van der Waals surface area contributed by atoms with Gasteiger partial charge in [0.1, 0.15) is 0 Å². The van der Waals surface area contributed by atoms with Crippen LogP contribution in [0.3, 0.4) is 0 Å². The van der Waals surface area contributed by atoms with Gasteiger partial charge in [-0.1, -0.05) is 105 Å². The van der Waals surface area contributed by atoms with Crippen molar-refractivity contribution in [3.8, 4) is 0 Å². The summed E-state index contributed by atoms with van der Waals surface area (Å²) >= 11 is 0. The predicted molar refractivity (Wildman–Crippen MR) is 120 cm³/mol. The largest absolute Gasteiger partial charge is 2.00 e. The van der Waals surface area contributed by atoms with Gasteiger partial charge in [-0.25, -0.2) is 0 Å². The molecular weight excluding hydrogens is 404 g/mol. The molecule has 0 aromatic carbocycles. The Morgan fingerprint density at radius 2 is 0.815 bits per heavy atom. The third kappa shape index (κ3) is 8.52. The van der Waals surface area contributed by atoms with E-state index in [-0.39, 0.29) is 67.1 Å². The molecule has 2 nitrogen and oxygen atoms in total. The van der Waals surface area contributed by atoms with Crippen molar-refractivity contribution in [3.05, 3.63) is 47.0 Å². The van der Waals surface area contributed by atoms with E-state index in [9.17, 15) is 0 Å². The van der Waals surface area contributed by atoms with Crippen molar-refractivity contribution < 1.29 is 0 Å². The molecule has 0 N–H and O–H groups in total. The zero-order valence-corrected chi connectivity index (χ0v) is 23.4. The summed E-state index contributed by atoms with van der Waals surface area (Å²) in [5.74, 6) is 0. The Morgan fingerprint density at radius 3 is 0.926 bits per heavy atom. The minimum Gasteiger partial charge on any atom is -0.395 e. The van der Waals surface area contributed by atoms with Crippen LogP contribution in [0, 0.1) is 0 Å². The number of rotatable bonds is 0. The molecule has 3 heteroatoms. The van der Waals surface area contributed by atoms with Gasteiger partial charge in [-0.2, -0.15) is 24.3 Å². The number of nitrogens with zero attached hydrogens (tertiary/aromatic N) is 2. The van der Waals surface area contributed by atoms with Gasteiger partial charge in [0.2, 0.25) is 0 Å². The van der Waals surface area contributed by atoms with Gasteiger partial charge in [0.25, 0.3) is 0 Å². The fourth-order valence-electron chi connectivity index (χ4n) is 2.40. The second-order valence-electron chi connectivity index (χ2n) is 11.4. The second kappa shape index (κ2) is 9.24.